The first-order valence-electron chi connectivity index (χ1n) is 12.5. The van der Waals surface area contributed by atoms with E-state index in [9.17, 15) is 4.79 Å². The van der Waals surface area contributed by atoms with E-state index in [0.717, 1.165) is 44.8 Å². The van der Waals surface area contributed by atoms with E-state index in [1.807, 2.05) is 42.5 Å². The van der Waals surface area contributed by atoms with Gasteiger partial charge < -0.3 is 4.57 Å². The summed E-state index contributed by atoms with van der Waals surface area (Å²) < 4.78 is 4.69. The molecule has 0 atom stereocenters. The maximum absolute atomic E-state index is 13.6. The highest BCUT2D eigenvalue weighted by Crippen LogP contribution is 2.36. The summed E-state index contributed by atoms with van der Waals surface area (Å²) in [4.78, 5) is 19.0. The second-order valence-electron chi connectivity index (χ2n) is 9.37. The summed E-state index contributed by atoms with van der Waals surface area (Å²) in [7, 11) is 0. The molecule has 0 saturated heterocycles. The first-order chi connectivity index (χ1) is 18.7. The topological polar surface area (TPSA) is 39.3 Å². The molecule has 0 saturated carbocycles. The largest absolute Gasteiger partial charge is 0.309 e. The molecule has 3 aromatic heterocycles. The van der Waals surface area contributed by atoms with Crippen molar-refractivity contribution in [3.63, 3.8) is 0 Å². The van der Waals surface area contributed by atoms with Crippen LogP contribution in [0.2, 0.25) is 0 Å². The number of hydrogen-bond donors (Lipinski definition) is 0. The molecule has 0 aliphatic carbocycles. The van der Waals surface area contributed by atoms with Crippen LogP contribution in [0, 0.1) is 6.92 Å². The van der Waals surface area contributed by atoms with Crippen LogP contribution in [0.25, 0.3) is 50.3 Å². The number of imidazole rings is 1. The third-order valence-corrected chi connectivity index (χ3v) is 7.84. The summed E-state index contributed by atoms with van der Waals surface area (Å²) in [5.74, 6) is 0. The monoisotopic (exact) mass is 509 g/mol. The normalized spacial score (nSPS) is 12.1. The van der Waals surface area contributed by atoms with E-state index in [1.165, 1.54) is 16.9 Å². The van der Waals surface area contributed by atoms with Gasteiger partial charge in [0.1, 0.15) is 0 Å². The van der Waals surface area contributed by atoms with Crippen molar-refractivity contribution in [1.82, 2.24) is 14.0 Å². The Kier molecular flexibility index (Phi) is 5.31. The average Bonchev–Trinajstić information content (AvgIpc) is 3.61. The van der Waals surface area contributed by atoms with Crippen molar-refractivity contribution in [2.45, 2.75) is 6.92 Å². The highest BCUT2D eigenvalue weighted by molar-refractivity contribution is 7.15. The molecular formula is C33H23N3OS. The van der Waals surface area contributed by atoms with Crippen LogP contribution in [0.3, 0.4) is 0 Å². The van der Waals surface area contributed by atoms with Crippen molar-refractivity contribution in [2.75, 3.05) is 0 Å². The zero-order valence-corrected chi connectivity index (χ0v) is 21.5. The molecule has 0 radical (unpaired) electrons. The molecule has 0 amide bonds. The van der Waals surface area contributed by atoms with Gasteiger partial charge in [-0.1, -0.05) is 102 Å². The molecular weight excluding hydrogens is 486 g/mol. The van der Waals surface area contributed by atoms with E-state index < -0.39 is 0 Å². The molecule has 0 unspecified atom stereocenters. The smallest absolute Gasteiger partial charge is 0.274 e. The summed E-state index contributed by atoms with van der Waals surface area (Å²) in [6.07, 6.45) is 2.02. The molecule has 0 spiro atoms. The van der Waals surface area contributed by atoms with Crippen LogP contribution in [-0.4, -0.2) is 14.0 Å². The zero-order chi connectivity index (χ0) is 25.6. The molecule has 0 fully saturated rings. The lowest BCUT2D eigenvalue weighted by Gasteiger charge is -2.15. The van der Waals surface area contributed by atoms with Gasteiger partial charge in [-0.3, -0.25) is 4.79 Å². The quantitative estimate of drug-likeness (QED) is 0.259. The lowest BCUT2D eigenvalue weighted by molar-refractivity contribution is 1.09. The average molecular weight is 510 g/mol. The van der Waals surface area contributed by atoms with Crippen LogP contribution < -0.4 is 10.1 Å². The summed E-state index contributed by atoms with van der Waals surface area (Å²) in [6.45, 7) is 2.10. The van der Waals surface area contributed by atoms with E-state index in [4.69, 9.17) is 4.98 Å². The molecule has 0 N–H and O–H groups in total. The second-order valence-corrected chi connectivity index (χ2v) is 10.4. The summed E-state index contributed by atoms with van der Waals surface area (Å²) in [6, 6.07) is 39.3. The predicted molar refractivity (Wildman–Crippen MR) is 157 cm³/mol. The number of nitrogens with zero attached hydrogens (tertiary/aromatic N) is 3. The Morgan fingerprint density at radius 2 is 1.42 bits per heavy atom. The molecule has 0 aliphatic rings. The third kappa shape index (κ3) is 3.67. The minimum atomic E-state index is -0.0398. The third-order valence-electron chi connectivity index (χ3n) is 6.87. The van der Waals surface area contributed by atoms with Crippen molar-refractivity contribution in [2.24, 2.45) is 0 Å². The van der Waals surface area contributed by atoms with Crippen LogP contribution in [0.1, 0.15) is 11.1 Å². The van der Waals surface area contributed by atoms with Crippen LogP contribution in [-0.2, 0) is 0 Å². The van der Waals surface area contributed by atoms with Crippen molar-refractivity contribution in [3.05, 3.63) is 141 Å². The fraction of sp³-hybridized carbons (Fsp3) is 0.0303. The van der Waals surface area contributed by atoms with Crippen molar-refractivity contribution in [1.29, 1.82) is 0 Å². The Morgan fingerprint density at radius 1 is 0.763 bits per heavy atom. The number of thiazole rings is 1. The van der Waals surface area contributed by atoms with E-state index in [-0.39, 0.29) is 5.56 Å². The number of fused-ring (bicyclic) bond motifs is 3. The van der Waals surface area contributed by atoms with Crippen LogP contribution in [0.4, 0.5) is 0 Å². The molecule has 38 heavy (non-hydrogen) atoms. The first kappa shape index (κ1) is 22.5. The maximum Gasteiger partial charge on any atom is 0.274 e. The SMILES string of the molecule is Cc1ccc(-n2c(-c3ccccc3)cc(/C=c3/sc4nc5ccccc5n4c3=O)c2-c2ccccc2)cc1. The van der Waals surface area contributed by atoms with Gasteiger partial charge in [0.25, 0.3) is 5.56 Å². The van der Waals surface area contributed by atoms with Crippen molar-refractivity contribution < 1.29 is 0 Å². The Hall–Kier alpha value is -4.74. The Bertz CT molecular complexity index is 2030. The van der Waals surface area contributed by atoms with Crippen LogP contribution in [0.15, 0.2) is 120 Å². The lowest BCUT2D eigenvalue weighted by atomic mass is 10.1. The standard InChI is InChI=1S/C33H23N3OS/c1-22-16-18-26(19-17-22)35-29(23-10-4-2-5-11-23)20-25(31(35)24-12-6-3-7-13-24)21-30-32(37)36-28-15-9-8-14-27(28)34-33(36)38-30/h2-21H,1H3/b30-21+. The van der Waals surface area contributed by atoms with Gasteiger partial charge in [0.15, 0.2) is 4.96 Å². The summed E-state index contributed by atoms with van der Waals surface area (Å²) >= 11 is 1.43. The van der Waals surface area contributed by atoms with Gasteiger partial charge in [0, 0.05) is 11.3 Å². The van der Waals surface area contributed by atoms with Gasteiger partial charge in [0.2, 0.25) is 0 Å². The minimum absolute atomic E-state index is 0.0398. The van der Waals surface area contributed by atoms with Gasteiger partial charge >= 0.3 is 0 Å². The van der Waals surface area contributed by atoms with Gasteiger partial charge in [-0.25, -0.2) is 9.38 Å². The second kappa shape index (κ2) is 8.98. The number of rotatable bonds is 4. The van der Waals surface area contributed by atoms with E-state index >= 15 is 0 Å². The highest BCUT2D eigenvalue weighted by atomic mass is 32.1. The molecule has 5 heteroatoms. The van der Waals surface area contributed by atoms with Gasteiger partial charge in [-0.05, 0) is 54.5 Å². The molecule has 0 bridgehead atoms. The molecule has 182 valence electrons. The maximum atomic E-state index is 13.6. The fourth-order valence-electron chi connectivity index (χ4n) is 5.07. The zero-order valence-electron chi connectivity index (χ0n) is 20.7. The molecule has 7 aromatic rings. The van der Waals surface area contributed by atoms with Crippen molar-refractivity contribution >= 4 is 33.4 Å². The molecule has 4 aromatic carbocycles. The van der Waals surface area contributed by atoms with Gasteiger partial charge in [-0.2, -0.15) is 0 Å². The lowest BCUT2D eigenvalue weighted by Crippen LogP contribution is -2.22. The predicted octanol–water partition coefficient (Wildman–Crippen LogP) is 6.89. The molecule has 3 heterocycles. The first-order valence-corrected chi connectivity index (χ1v) is 13.3. The van der Waals surface area contributed by atoms with Crippen molar-refractivity contribution in [3.8, 4) is 28.2 Å². The number of aromatic nitrogens is 3. The fourth-order valence-corrected chi connectivity index (χ4v) is 6.05. The molecule has 7 rings (SSSR count). The Morgan fingerprint density at radius 3 is 2.16 bits per heavy atom. The number of benzene rings is 4. The van der Waals surface area contributed by atoms with Crippen LogP contribution in [0.5, 0.6) is 0 Å². The molecule has 0 aliphatic heterocycles. The Labute approximate surface area is 223 Å². The minimum Gasteiger partial charge on any atom is -0.309 e. The number of aryl methyl sites for hydroxylation is 1. The highest BCUT2D eigenvalue weighted by Gasteiger charge is 2.19. The summed E-state index contributed by atoms with van der Waals surface area (Å²) in [5.41, 5.74) is 9.21. The number of hydrogen-bond acceptors (Lipinski definition) is 3. The molecule has 4 nitrogen and oxygen atoms in total. The van der Waals surface area contributed by atoms with E-state index in [2.05, 4.69) is 90.4 Å². The number of para-hydroxylation sites is 2. The van der Waals surface area contributed by atoms with E-state index in [1.54, 1.807) is 4.40 Å². The summed E-state index contributed by atoms with van der Waals surface area (Å²) in [5, 5.41) is 0. The van der Waals surface area contributed by atoms with E-state index in [0.29, 0.717) is 9.49 Å². The van der Waals surface area contributed by atoms with Crippen LogP contribution >= 0.6 is 11.3 Å². The van der Waals surface area contributed by atoms with Gasteiger partial charge in [-0.15, -0.1) is 0 Å². The van der Waals surface area contributed by atoms with Gasteiger partial charge in [0.05, 0.1) is 27.0 Å². The Balaban J connectivity index is 1.56.